The van der Waals surface area contributed by atoms with Gasteiger partial charge in [0, 0.05) is 12.0 Å². The van der Waals surface area contributed by atoms with Gasteiger partial charge in [0.2, 0.25) is 0 Å². The van der Waals surface area contributed by atoms with E-state index in [2.05, 4.69) is 35.6 Å². The van der Waals surface area contributed by atoms with E-state index in [0.717, 1.165) is 5.56 Å². The summed E-state index contributed by atoms with van der Waals surface area (Å²) in [5, 5.41) is 13.7. The van der Waals surface area contributed by atoms with Crippen LogP contribution in [0.2, 0.25) is 0 Å². The van der Waals surface area contributed by atoms with Gasteiger partial charge in [0.25, 0.3) is 0 Å². The Labute approximate surface area is 107 Å². The standard InChI is InChI=1S/C16H17NO/c1-17-15-14(11-7-3-2-4-8-11)12-9-5-6-10-13(12)16(15)18/h2-10,14-18H,1H3. The van der Waals surface area contributed by atoms with Gasteiger partial charge in [-0.25, -0.2) is 0 Å². The second-order valence-electron chi connectivity index (χ2n) is 4.78. The van der Waals surface area contributed by atoms with Crippen molar-refractivity contribution in [1.29, 1.82) is 0 Å². The summed E-state index contributed by atoms with van der Waals surface area (Å²) < 4.78 is 0. The van der Waals surface area contributed by atoms with Crippen LogP contribution in [0.15, 0.2) is 54.6 Å². The highest BCUT2D eigenvalue weighted by Crippen LogP contribution is 2.43. The lowest BCUT2D eigenvalue weighted by molar-refractivity contribution is 0.140. The molecule has 0 radical (unpaired) electrons. The predicted molar refractivity (Wildman–Crippen MR) is 72.5 cm³/mol. The van der Waals surface area contributed by atoms with E-state index in [-0.39, 0.29) is 12.0 Å². The Kier molecular flexibility index (Phi) is 2.90. The molecule has 3 rings (SSSR count). The molecule has 2 aromatic carbocycles. The molecule has 3 atom stereocenters. The smallest absolute Gasteiger partial charge is 0.0955 e. The molecule has 1 aliphatic carbocycles. The van der Waals surface area contributed by atoms with Gasteiger partial charge in [0.15, 0.2) is 0 Å². The Bertz CT molecular complexity index is 538. The van der Waals surface area contributed by atoms with Crippen LogP contribution in [-0.2, 0) is 0 Å². The third-order valence-corrected chi connectivity index (χ3v) is 3.84. The maximum Gasteiger partial charge on any atom is 0.0955 e. The molecule has 92 valence electrons. The van der Waals surface area contributed by atoms with Gasteiger partial charge in [-0.05, 0) is 23.7 Å². The van der Waals surface area contributed by atoms with E-state index in [1.807, 2.05) is 31.3 Å². The van der Waals surface area contributed by atoms with Crippen molar-refractivity contribution in [2.45, 2.75) is 18.1 Å². The van der Waals surface area contributed by atoms with Gasteiger partial charge >= 0.3 is 0 Å². The zero-order valence-corrected chi connectivity index (χ0v) is 10.4. The van der Waals surface area contributed by atoms with Gasteiger partial charge < -0.3 is 10.4 Å². The quantitative estimate of drug-likeness (QED) is 0.843. The van der Waals surface area contributed by atoms with Gasteiger partial charge in [-0.15, -0.1) is 0 Å². The molecule has 2 heteroatoms. The molecule has 0 fully saturated rings. The van der Waals surface area contributed by atoms with Crippen LogP contribution < -0.4 is 5.32 Å². The van der Waals surface area contributed by atoms with E-state index in [1.165, 1.54) is 11.1 Å². The molecule has 18 heavy (non-hydrogen) atoms. The number of hydrogen-bond acceptors (Lipinski definition) is 2. The number of likely N-dealkylation sites (N-methyl/N-ethyl adjacent to an activating group) is 1. The molecule has 2 aromatic rings. The fourth-order valence-electron chi connectivity index (χ4n) is 3.00. The number of aliphatic hydroxyl groups is 1. The largest absolute Gasteiger partial charge is 0.387 e. The first kappa shape index (κ1) is 11.5. The molecule has 1 aliphatic rings. The minimum absolute atomic E-state index is 0.0461. The fraction of sp³-hybridized carbons (Fsp3) is 0.250. The molecule has 0 aliphatic heterocycles. The first-order valence-corrected chi connectivity index (χ1v) is 6.32. The number of benzene rings is 2. The lowest BCUT2D eigenvalue weighted by Gasteiger charge is -2.22. The second-order valence-corrected chi connectivity index (χ2v) is 4.78. The zero-order valence-electron chi connectivity index (χ0n) is 10.4. The summed E-state index contributed by atoms with van der Waals surface area (Å²) in [6, 6.07) is 18.6. The van der Waals surface area contributed by atoms with Crippen molar-refractivity contribution in [2.75, 3.05) is 7.05 Å². The Morgan fingerprint density at radius 1 is 0.889 bits per heavy atom. The zero-order chi connectivity index (χ0) is 12.5. The summed E-state index contributed by atoms with van der Waals surface area (Å²) in [6.45, 7) is 0. The third kappa shape index (κ3) is 1.65. The summed E-state index contributed by atoms with van der Waals surface area (Å²) in [5.41, 5.74) is 3.53. The minimum atomic E-state index is -0.434. The van der Waals surface area contributed by atoms with Crippen molar-refractivity contribution >= 4 is 0 Å². The lowest BCUT2D eigenvalue weighted by Crippen LogP contribution is -2.33. The summed E-state index contributed by atoms with van der Waals surface area (Å²) in [7, 11) is 1.91. The first-order valence-electron chi connectivity index (χ1n) is 6.32. The van der Waals surface area contributed by atoms with Crippen LogP contribution in [-0.4, -0.2) is 18.2 Å². The number of fused-ring (bicyclic) bond motifs is 1. The summed E-state index contributed by atoms with van der Waals surface area (Å²) >= 11 is 0. The summed E-state index contributed by atoms with van der Waals surface area (Å²) in [6.07, 6.45) is -0.434. The van der Waals surface area contributed by atoms with Crippen LogP contribution in [0.25, 0.3) is 0 Å². The average molecular weight is 239 g/mol. The van der Waals surface area contributed by atoms with Crippen LogP contribution in [0.1, 0.15) is 28.7 Å². The molecular formula is C16H17NO. The fourth-order valence-corrected chi connectivity index (χ4v) is 3.00. The normalized spacial score (nSPS) is 26.0. The van der Waals surface area contributed by atoms with Crippen LogP contribution in [0.5, 0.6) is 0 Å². The molecule has 0 bridgehead atoms. The Morgan fingerprint density at radius 2 is 1.50 bits per heavy atom. The van der Waals surface area contributed by atoms with Gasteiger partial charge in [-0.1, -0.05) is 54.6 Å². The average Bonchev–Trinajstić information content (AvgIpc) is 2.73. The number of aliphatic hydroxyl groups excluding tert-OH is 1. The van der Waals surface area contributed by atoms with Crippen molar-refractivity contribution in [2.24, 2.45) is 0 Å². The maximum absolute atomic E-state index is 10.4. The molecule has 2 nitrogen and oxygen atoms in total. The number of hydrogen-bond donors (Lipinski definition) is 2. The van der Waals surface area contributed by atoms with Crippen LogP contribution in [0.3, 0.4) is 0 Å². The van der Waals surface area contributed by atoms with Crippen LogP contribution in [0.4, 0.5) is 0 Å². The number of rotatable bonds is 2. The highest BCUT2D eigenvalue weighted by atomic mass is 16.3. The monoisotopic (exact) mass is 239 g/mol. The van der Waals surface area contributed by atoms with Gasteiger partial charge in [0.05, 0.1) is 6.10 Å². The van der Waals surface area contributed by atoms with Gasteiger partial charge in [0.1, 0.15) is 0 Å². The predicted octanol–water partition coefficient (Wildman–Crippen LogP) is 2.45. The van der Waals surface area contributed by atoms with Crippen molar-refractivity contribution in [3.8, 4) is 0 Å². The molecular weight excluding hydrogens is 222 g/mol. The Balaban J connectivity index is 2.13. The van der Waals surface area contributed by atoms with Gasteiger partial charge in [-0.3, -0.25) is 0 Å². The molecule has 2 N–H and O–H groups in total. The first-order chi connectivity index (χ1) is 8.83. The van der Waals surface area contributed by atoms with Crippen molar-refractivity contribution in [1.82, 2.24) is 5.32 Å². The molecule has 0 heterocycles. The Hall–Kier alpha value is -1.64. The Morgan fingerprint density at radius 3 is 2.17 bits per heavy atom. The topological polar surface area (TPSA) is 32.3 Å². The van der Waals surface area contributed by atoms with Crippen molar-refractivity contribution < 1.29 is 5.11 Å². The molecule has 0 amide bonds. The van der Waals surface area contributed by atoms with E-state index >= 15 is 0 Å². The van der Waals surface area contributed by atoms with E-state index in [0.29, 0.717) is 0 Å². The molecule has 0 saturated heterocycles. The van der Waals surface area contributed by atoms with Crippen molar-refractivity contribution in [3.05, 3.63) is 71.3 Å². The van der Waals surface area contributed by atoms with E-state index < -0.39 is 6.10 Å². The molecule has 3 unspecified atom stereocenters. The number of nitrogens with one attached hydrogen (secondary N) is 1. The lowest BCUT2D eigenvalue weighted by atomic mass is 9.90. The van der Waals surface area contributed by atoms with E-state index in [1.54, 1.807) is 0 Å². The minimum Gasteiger partial charge on any atom is -0.387 e. The van der Waals surface area contributed by atoms with Gasteiger partial charge in [-0.2, -0.15) is 0 Å². The van der Waals surface area contributed by atoms with E-state index in [9.17, 15) is 5.11 Å². The van der Waals surface area contributed by atoms with E-state index in [4.69, 9.17) is 0 Å². The molecule has 0 aromatic heterocycles. The molecule has 0 spiro atoms. The maximum atomic E-state index is 10.4. The van der Waals surface area contributed by atoms with Crippen molar-refractivity contribution in [3.63, 3.8) is 0 Å². The highest BCUT2D eigenvalue weighted by Gasteiger charge is 2.39. The highest BCUT2D eigenvalue weighted by molar-refractivity contribution is 5.46. The summed E-state index contributed by atoms with van der Waals surface area (Å²) in [5.74, 6) is 0.224. The summed E-state index contributed by atoms with van der Waals surface area (Å²) in [4.78, 5) is 0. The molecule has 0 saturated carbocycles. The van der Waals surface area contributed by atoms with Crippen LogP contribution >= 0.6 is 0 Å². The SMILES string of the molecule is CNC1C(O)c2ccccc2C1c1ccccc1. The third-order valence-electron chi connectivity index (χ3n) is 3.84. The van der Waals surface area contributed by atoms with Crippen LogP contribution in [0, 0.1) is 0 Å². The second kappa shape index (κ2) is 4.56.